The molecule has 1 amide bonds. The Labute approximate surface area is 114 Å². The number of aromatic amines is 1. The lowest BCUT2D eigenvalue weighted by molar-refractivity contribution is 0.0948. The molecule has 0 fully saturated rings. The molecule has 1 aromatic carbocycles. The van der Waals surface area contributed by atoms with Crippen molar-refractivity contribution in [1.29, 1.82) is 0 Å². The fourth-order valence-corrected chi connectivity index (χ4v) is 2.34. The number of rotatable bonds is 5. The average molecular weight is 258 g/mol. The van der Waals surface area contributed by atoms with E-state index in [1.807, 2.05) is 6.92 Å². The van der Waals surface area contributed by atoms with E-state index in [9.17, 15) is 4.79 Å². The molecule has 0 spiro atoms. The Morgan fingerprint density at radius 1 is 1.26 bits per heavy atom. The zero-order valence-corrected chi connectivity index (χ0v) is 12.0. The maximum atomic E-state index is 12.1. The van der Waals surface area contributed by atoms with Crippen molar-refractivity contribution in [3.63, 3.8) is 0 Å². The lowest BCUT2D eigenvalue weighted by Crippen LogP contribution is -2.25. The SMILES string of the molecule is CCCCCNC(=O)c1[nH]c2cc(C)ccc2c1C. The van der Waals surface area contributed by atoms with Gasteiger partial charge in [0.1, 0.15) is 5.69 Å². The molecule has 0 aliphatic carbocycles. The molecule has 2 aromatic rings. The minimum Gasteiger partial charge on any atom is -0.351 e. The molecule has 3 nitrogen and oxygen atoms in total. The van der Waals surface area contributed by atoms with Crippen LogP contribution in [0.3, 0.4) is 0 Å². The maximum absolute atomic E-state index is 12.1. The highest BCUT2D eigenvalue weighted by Crippen LogP contribution is 2.22. The molecule has 19 heavy (non-hydrogen) atoms. The van der Waals surface area contributed by atoms with Crippen LogP contribution in [0.15, 0.2) is 18.2 Å². The number of H-pyrrole nitrogens is 1. The molecule has 0 unspecified atom stereocenters. The van der Waals surface area contributed by atoms with Gasteiger partial charge in [0.25, 0.3) is 5.91 Å². The minimum absolute atomic E-state index is 0.00227. The number of amides is 1. The smallest absolute Gasteiger partial charge is 0.268 e. The standard InChI is InChI=1S/C16H22N2O/c1-4-5-6-9-17-16(19)15-12(3)13-8-7-11(2)10-14(13)18-15/h7-8,10,18H,4-6,9H2,1-3H3,(H,17,19). The first-order valence-electron chi connectivity index (χ1n) is 7.00. The third kappa shape index (κ3) is 2.98. The lowest BCUT2D eigenvalue weighted by Gasteiger charge is -2.03. The van der Waals surface area contributed by atoms with E-state index in [0.717, 1.165) is 35.9 Å². The first kappa shape index (κ1) is 13.7. The van der Waals surface area contributed by atoms with Crippen LogP contribution in [0.25, 0.3) is 10.9 Å². The second-order valence-electron chi connectivity index (χ2n) is 5.14. The number of hydrogen-bond acceptors (Lipinski definition) is 1. The van der Waals surface area contributed by atoms with Gasteiger partial charge >= 0.3 is 0 Å². The van der Waals surface area contributed by atoms with Crippen molar-refractivity contribution in [3.8, 4) is 0 Å². The second kappa shape index (κ2) is 5.91. The molecule has 0 radical (unpaired) electrons. The van der Waals surface area contributed by atoms with E-state index >= 15 is 0 Å². The van der Waals surface area contributed by atoms with E-state index in [-0.39, 0.29) is 5.91 Å². The first-order chi connectivity index (χ1) is 9.13. The van der Waals surface area contributed by atoms with Crippen molar-refractivity contribution in [3.05, 3.63) is 35.0 Å². The number of hydrogen-bond donors (Lipinski definition) is 2. The Kier molecular flexibility index (Phi) is 4.25. The number of fused-ring (bicyclic) bond motifs is 1. The molecule has 0 aliphatic rings. The van der Waals surface area contributed by atoms with Crippen LogP contribution < -0.4 is 5.32 Å². The zero-order chi connectivity index (χ0) is 13.8. The van der Waals surface area contributed by atoms with E-state index in [1.54, 1.807) is 0 Å². The van der Waals surface area contributed by atoms with Crippen molar-refractivity contribution in [2.45, 2.75) is 40.0 Å². The maximum Gasteiger partial charge on any atom is 0.268 e. The molecule has 0 bridgehead atoms. The molecule has 0 saturated heterocycles. The van der Waals surface area contributed by atoms with Crippen LogP contribution in [0, 0.1) is 13.8 Å². The van der Waals surface area contributed by atoms with Gasteiger partial charge in [0, 0.05) is 17.4 Å². The largest absolute Gasteiger partial charge is 0.351 e. The van der Waals surface area contributed by atoms with E-state index in [4.69, 9.17) is 0 Å². The van der Waals surface area contributed by atoms with Crippen molar-refractivity contribution in [2.75, 3.05) is 6.54 Å². The third-order valence-electron chi connectivity index (χ3n) is 3.51. The number of aryl methyl sites for hydroxylation is 2. The van der Waals surface area contributed by atoms with Gasteiger partial charge in [-0.05, 0) is 37.5 Å². The molecule has 2 N–H and O–H groups in total. The summed E-state index contributed by atoms with van der Waals surface area (Å²) >= 11 is 0. The Balaban J connectivity index is 2.15. The van der Waals surface area contributed by atoms with Gasteiger partial charge < -0.3 is 10.3 Å². The summed E-state index contributed by atoms with van der Waals surface area (Å²) in [5.41, 5.74) is 3.96. The van der Waals surface area contributed by atoms with Gasteiger partial charge in [-0.15, -0.1) is 0 Å². The summed E-state index contributed by atoms with van der Waals surface area (Å²) in [6, 6.07) is 6.23. The predicted octanol–water partition coefficient (Wildman–Crippen LogP) is 3.70. The number of unbranched alkanes of at least 4 members (excludes halogenated alkanes) is 2. The van der Waals surface area contributed by atoms with E-state index < -0.39 is 0 Å². The topological polar surface area (TPSA) is 44.9 Å². The summed E-state index contributed by atoms with van der Waals surface area (Å²) in [7, 11) is 0. The molecule has 1 aromatic heterocycles. The van der Waals surface area contributed by atoms with Gasteiger partial charge in [0.15, 0.2) is 0 Å². The molecule has 102 valence electrons. The van der Waals surface area contributed by atoms with Crippen LogP contribution >= 0.6 is 0 Å². The Morgan fingerprint density at radius 3 is 2.79 bits per heavy atom. The van der Waals surface area contributed by atoms with Gasteiger partial charge in [-0.1, -0.05) is 31.9 Å². The molecule has 0 aliphatic heterocycles. The molecule has 0 saturated carbocycles. The van der Waals surface area contributed by atoms with E-state index in [0.29, 0.717) is 5.69 Å². The second-order valence-corrected chi connectivity index (χ2v) is 5.14. The summed E-state index contributed by atoms with van der Waals surface area (Å²) in [4.78, 5) is 15.4. The van der Waals surface area contributed by atoms with Gasteiger partial charge in [0.2, 0.25) is 0 Å². The van der Waals surface area contributed by atoms with Gasteiger partial charge in [-0.2, -0.15) is 0 Å². The van der Waals surface area contributed by atoms with Crippen molar-refractivity contribution in [1.82, 2.24) is 10.3 Å². The Morgan fingerprint density at radius 2 is 2.05 bits per heavy atom. The average Bonchev–Trinajstić information content (AvgIpc) is 2.71. The van der Waals surface area contributed by atoms with Crippen LogP contribution in [0.2, 0.25) is 0 Å². The summed E-state index contributed by atoms with van der Waals surface area (Å²) < 4.78 is 0. The first-order valence-corrected chi connectivity index (χ1v) is 7.00. The number of aromatic nitrogens is 1. The van der Waals surface area contributed by atoms with Crippen molar-refractivity contribution < 1.29 is 4.79 Å². The van der Waals surface area contributed by atoms with Crippen LogP contribution in [-0.4, -0.2) is 17.4 Å². The summed E-state index contributed by atoms with van der Waals surface area (Å²) in [6.07, 6.45) is 3.37. The van der Waals surface area contributed by atoms with E-state index in [1.165, 1.54) is 12.0 Å². The van der Waals surface area contributed by atoms with Crippen LogP contribution in [0.5, 0.6) is 0 Å². The predicted molar refractivity (Wildman–Crippen MR) is 79.6 cm³/mol. The Bertz CT molecular complexity index is 584. The lowest BCUT2D eigenvalue weighted by atomic mass is 10.1. The zero-order valence-electron chi connectivity index (χ0n) is 12.0. The monoisotopic (exact) mass is 258 g/mol. The highest BCUT2D eigenvalue weighted by molar-refractivity contribution is 6.00. The quantitative estimate of drug-likeness (QED) is 0.789. The van der Waals surface area contributed by atoms with Crippen molar-refractivity contribution in [2.24, 2.45) is 0 Å². The van der Waals surface area contributed by atoms with Crippen molar-refractivity contribution >= 4 is 16.8 Å². The summed E-state index contributed by atoms with van der Waals surface area (Å²) in [5.74, 6) is 0.00227. The van der Waals surface area contributed by atoms with Gasteiger partial charge in [-0.3, -0.25) is 4.79 Å². The number of carbonyl (C=O) groups excluding carboxylic acids is 1. The number of carbonyl (C=O) groups is 1. The fourth-order valence-electron chi connectivity index (χ4n) is 2.34. The highest BCUT2D eigenvalue weighted by atomic mass is 16.1. The number of nitrogens with one attached hydrogen (secondary N) is 2. The molecule has 1 heterocycles. The fraction of sp³-hybridized carbons (Fsp3) is 0.438. The summed E-state index contributed by atoms with van der Waals surface area (Å²) in [6.45, 7) is 6.96. The normalized spacial score (nSPS) is 10.9. The van der Waals surface area contributed by atoms with Crippen LogP contribution in [0.1, 0.15) is 47.8 Å². The van der Waals surface area contributed by atoms with Gasteiger partial charge in [-0.25, -0.2) is 0 Å². The number of benzene rings is 1. The molecule has 2 rings (SSSR count). The Hall–Kier alpha value is -1.77. The van der Waals surface area contributed by atoms with Crippen LogP contribution in [-0.2, 0) is 0 Å². The van der Waals surface area contributed by atoms with E-state index in [2.05, 4.69) is 42.3 Å². The molecule has 3 heteroatoms. The molecule has 0 atom stereocenters. The third-order valence-corrected chi connectivity index (χ3v) is 3.51. The minimum atomic E-state index is 0.00227. The molecular formula is C16H22N2O. The van der Waals surface area contributed by atoms with Crippen LogP contribution in [0.4, 0.5) is 0 Å². The van der Waals surface area contributed by atoms with Gasteiger partial charge in [0.05, 0.1) is 0 Å². The summed E-state index contributed by atoms with van der Waals surface area (Å²) in [5, 5.41) is 4.11. The highest BCUT2D eigenvalue weighted by Gasteiger charge is 2.13. The molecular weight excluding hydrogens is 236 g/mol.